The minimum atomic E-state index is 0.437. The summed E-state index contributed by atoms with van der Waals surface area (Å²) >= 11 is 1.46. The van der Waals surface area contributed by atoms with Crippen LogP contribution >= 0.6 is 11.8 Å². The van der Waals surface area contributed by atoms with Crippen LogP contribution in [0.15, 0.2) is 83.3 Å². The Labute approximate surface area is 144 Å². The standard InChI is InChI=1S/C18H17N5S/c19-18(24-14-15-7-2-1-3-8-15)22-20-13-16-9-4-5-10-17(16)23-12-6-11-21-23/h1-13H,14H2,(H2,19,22). The molecule has 0 radical (unpaired) electrons. The molecule has 3 aromatic rings. The van der Waals surface area contributed by atoms with Crippen molar-refractivity contribution < 1.29 is 0 Å². The van der Waals surface area contributed by atoms with Crippen LogP contribution in [-0.2, 0) is 5.75 Å². The van der Waals surface area contributed by atoms with E-state index < -0.39 is 0 Å². The van der Waals surface area contributed by atoms with Gasteiger partial charge in [-0.3, -0.25) is 0 Å². The molecule has 3 rings (SSSR count). The van der Waals surface area contributed by atoms with E-state index in [-0.39, 0.29) is 0 Å². The third-order valence-electron chi connectivity index (χ3n) is 3.27. The van der Waals surface area contributed by atoms with Crippen LogP contribution in [0.1, 0.15) is 11.1 Å². The second-order valence-corrected chi connectivity index (χ2v) is 5.96. The fraction of sp³-hybridized carbons (Fsp3) is 0.0556. The summed E-state index contributed by atoms with van der Waals surface area (Å²) in [6.45, 7) is 0. The van der Waals surface area contributed by atoms with Gasteiger partial charge in [-0.25, -0.2) is 4.68 Å². The molecule has 0 saturated carbocycles. The van der Waals surface area contributed by atoms with Crippen molar-refractivity contribution in [3.05, 3.63) is 84.2 Å². The molecule has 6 heteroatoms. The summed E-state index contributed by atoms with van der Waals surface area (Å²) in [6, 6.07) is 19.9. The van der Waals surface area contributed by atoms with Gasteiger partial charge in [0.05, 0.1) is 11.9 Å². The number of aromatic nitrogens is 2. The lowest BCUT2D eigenvalue weighted by Gasteiger charge is -2.04. The quantitative estimate of drug-likeness (QED) is 0.441. The van der Waals surface area contributed by atoms with E-state index in [0.29, 0.717) is 5.17 Å². The van der Waals surface area contributed by atoms with E-state index >= 15 is 0 Å². The molecular formula is C18H17N5S. The number of hydrogen-bond acceptors (Lipinski definition) is 4. The first kappa shape index (κ1) is 16.0. The second kappa shape index (κ2) is 8.12. The van der Waals surface area contributed by atoms with Crippen molar-refractivity contribution in [2.75, 3.05) is 0 Å². The van der Waals surface area contributed by atoms with Crippen LogP contribution in [0.4, 0.5) is 0 Å². The van der Waals surface area contributed by atoms with E-state index in [4.69, 9.17) is 5.73 Å². The monoisotopic (exact) mass is 335 g/mol. The fourth-order valence-electron chi connectivity index (χ4n) is 2.13. The van der Waals surface area contributed by atoms with E-state index in [9.17, 15) is 0 Å². The number of benzene rings is 2. The Morgan fingerprint density at radius 3 is 2.67 bits per heavy atom. The van der Waals surface area contributed by atoms with Gasteiger partial charge in [-0.15, -0.1) is 5.10 Å². The molecule has 0 amide bonds. The lowest BCUT2D eigenvalue weighted by molar-refractivity contribution is 0.879. The van der Waals surface area contributed by atoms with Crippen LogP contribution in [0.2, 0.25) is 0 Å². The third-order valence-corrected chi connectivity index (χ3v) is 4.13. The van der Waals surface area contributed by atoms with Crippen molar-refractivity contribution in [1.29, 1.82) is 0 Å². The Morgan fingerprint density at radius 1 is 1.08 bits per heavy atom. The molecule has 0 aliphatic carbocycles. The fourth-order valence-corrected chi connectivity index (χ4v) is 2.74. The Hall–Kier alpha value is -2.86. The normalized spacial score (nSPS) is 11.9. The molecule has 24 heavy (non-hydrogen) atoms. The maximum absolute atomic E-state index is 5.90. The molecule has 0 aliphatic rings. The number of para-hydroxylation sites is 1. The van der Waals surface area contributed by atoms with Crippen molar-refractivity contribution in [2.24, 2.45) is 15.9 Å². The van der Waals surface area contributed by atoms with Gasteiger partial charge < -0.3 is 5.73 Å². The van der Waals surface area contributed by atoms with Crippen molar-refractivity contribution in [3.63, 3.8) is 0 Å². The summed E-state index contributed by atoms with van der Waals surface area (Å²) in [4.78, 5) is 0. The van der Waals surface area contributed by atoms with Crippen LogP contribution in [0.5, 0.6) is 0 Å². The van der Waals surface area contributed by atoms with Gasteiger partial charge in [-0.2, -0.15) is 10.2 Å². The summed E-state index contributed by atoms with van der Waals surface area (Å²) in [7, 11) is 0. The molecular weight excluding hydrogens is 318 g/mol. The lowest BCUT2D eigenvalue weighted by atomic mass is 10.2. The minimum absolute atomic E-state index is 0.437. The highest BCUT2D eigenvalue weighted by atomic mass is 32.2. The SMILES string of the molecule is NC(=NN=Cc1ccccc1-n1cccn1)SCc1ccccc1. The maximum atomic E-state index is 5.90. The van der Waals surface area contributed by atoms with Crippen molar-refractivity contribution in [3.8, 4) is 5.69 Å². The maximum Gasteiger partial charge on any atom is 0.180 e. The van der Waals surface area contributed by atoms with Crippen LogP contribution in [-0.4, -0.2) is 21.2 Å². The zero-order valence-electron chi connectivity index (χ0n) is 13.0. The molecule has 1 heterocycles. The number of nitrogens with zero attached hydrogens (tertiary/aromatic N) is 4. The average molecular weight is 335 g/mol. The number of hydrogen-bond donors (Lipinski definition) is 1. The third kappa shape index (κ3) is 4.33. The van der Waals surface area contributed by atoms with E-state index in [1.165, 1.54) is 17.3 Å². The molecule has 120 valence electrons. The van der Waals surface area contributed by atoms with Gasteiger partial charge in [0.25, 0.3) is 0 Å². The molecule has 5 nitrogen and oxygen atoms in total. The summed E-state index contributed by atoms with van der Waals surface area (Å²) in [5, 5.41) is 12.8. The molecule has 0 unspecified atom stereocenters. The largest absolute Gasteiger partial charge is 0.377 e. The average Bonchev–Trinajstić information content (AvgIpc) is 3.16. The predicted molar refractivity (Wildman–Crippen MR) is 101 cm³/mol. The van der Waals surface area contributed by atoms with E-state index in [0.717, 1.165) is 17.0 Å². The first-order chi connectivity index (χ1) is 11.8. The van der Waals surface area contributed by atoms with Gasteiger partial charge in [0.1, 0.15) is 0 Å². The van der Waals surface area contributed by atoms with Crippen LogP contribution in [0, 0.1) is 0 Å². The van der Waals surface area contributed by atoms with Gasteiger partial charge in [0.15, 0.2) is 5.17 Å². The summed E-state index contributed by atoms with van der Waals surface area (Å²) in [5.74, 6) is 0.773. The van der Waals surface area contributed by atoms with Crippen LogP contribution < -0.4 is 5.73 Å². The molecule has 0 fully saturated rings. The van der Waals surface area contributed by atoms with Crippen molar-refractivity contribution >= 4 is 23.1 Å². The highest BCUT2D eigenvalue weighted by Gasteiger charge is 2.01. The van der Waals surface area contributed by atoms with Crippen LogP contribution in [0.25, 0.3) is 5.69 Å². The van der Waals surface area contributed by atoms with Gasteiger partial charge in [0, 0.05) is 23.7 Å². The molecule has 1 aromatic heterocycles. The summed E-state index contributed by atoms with van der Waals surface area (Å²) in [5.41, 5.74) is 8.97. The van der Waals surface area contributed by atoms with E-state index in [1.807, 2.05) is 54.7 Å². The van der Waals surface area contributed by atoms with Gasteiger partial charge in [0.2, 0.25) is 0 Å². The molecule has 0 aliphatic heterocycles. The van der Waals surface area contributed by atoms with Gasteiger partial charge in [-0.1, -0.05) is 60.3 Å². The lowest BCUT2D eigenvalue weighted by Crippen LogP contribution is -2.06. The van der Waals surface area contributed by atoms with Crippen molar-refractivity contribution in [1.82, 2.24) is 9.78 Å². The van der Waals surface area contributed by atoms with Gasteiger partial charge >= 0.3 is 0 Å². The zero-order chi connectivity index (χ0) is 16.6. The number of thioether (sulfide) groups is 1. The molecule has 0 spiro atoms. The first-order valence-corrected chi connectivity index (χ1v) is 8.44. The predicted octanol–water partition coefficient (Wildman–Crippen LogP) is 3.45. The highest BCUT2D eigenvalue weighted by Crippen LogP contribution is 2.13. The Balaban J connectivity index is 1.66. The van der Waals surface area contributed by atoms with Gasteiger partial charge in [-0.05, 0) is 17.7 Å². The number of rotatable bonds is 5. The first-order valence-electron chi connectivity index (χ1n) is 7.45. The van der Waals surface area contributed by atoms with Crippen molar-refractivity contribution in [2.45, 2.75) is 5.75 Å². The molecule has 2 aromatic carbocycles. The molecule has 0 saturated heterocycles. The Morgan fingerprint density at radius 2 is 1.88 bits per heavy atom. The van der Waals surface area contributed by atoms with E-state index in [1.54, 1.807) is 17.1 Å². The highest BCUT2D eigenvalue weighted by molar-refractivity contribution is 8.13. The Bertz CT molecular complexity index is 826. The zero-order valence-corrected chi connectivity index (χ0v) is 13.8. The van der Waals surface area contributed by atoms with Crippen LogP contribution in [0.3, 0.4) is 0 Å². The molecule has 0 bridgehead atoms. The topological polar surface area (TPSA) is 68.6 Å². The molecule has 2 N–H and O–H groups in total. The number of amidine groups is 1. The molecule has 0 atom stereocenters. The smallest absolute Gasteiger partial charge is 0.180 e. The summed E-state index contributed by atoms with van der Waals surface area (Å²) in [6.07, 6.45) is 5.32. The van der Waals surface area contributed by atoms with E-state index in [2.05, 4.69) is 27.4 Å². The summed E-state index contributed by atoms with van der Waals surface area (Å²) < 4.78 is 1.79. The second-order valence-electron chi connectivity index (χ2n) is 4.97. The Kier molecular flexibility index (Phi) is 5.42. The number of nitrogens with two attached hydrogens (primary N) is 1. The minimum Gasteiger partial charge on any atom is -0.377 e.